The fourth-order valence-electron chi connectivity index (χ4n) is 2.64. The van der Waals surface area contributed by atoms with Crippen molar-refractivity contribution in [1.29, 1.82) is 0 Å². The predicted octanol–water partition coefficient (Wildman–Crippen LogP) is 1.97. The lowest BCUT2D eigenvalue weighted by Crippen LogP contribution is -2.23. The molecule has 0 fully saturated rings. The van der Waals surface area contributed by atoms with Gasteiger partial charge in [0.1, 0.15) is 5.75 Å². The third-order valence-electron chi connectivity index (χ3n) is 4.14. The molecule has 8 nitrogen and oxygen atoms in total. The Hall–Kier alpha value is -3.42. The van der Waals surface area contributed by atoms with Crippen LogP contribution in [0.15, 0.2) is 42.5 Å². The minimum atomic E-state index is -1.43. The highest BCUT2D eigenvalue weighted by atomic mass is 16.6. The van der Waals surface area contributed by atoms with Crippen molar-refractivity contribution in [2.75, 3.05) is 12.4 Å². The van der Waals surface area contributed by atoms with Gasteiger partial charge in [-0.2, -0.15) is 0 Å². The first-order chi connectivity index (χ1) is 12.8. The van der Waals surface area contributed by atoms with Gasteiger partial charge in [0, 0.05) is 23.8 Å². The highest BCUT2D eigenvalue weighted by molar-refractivity contribution is 5.94. The zero-order valence-corrected chi connectivity index (χ0v) is 14.9. The van der Waals surface area contributed by atoms with Crippen LogP contribution in [0.1, 0.15) is 40.9 Å². The van der Waals surface area contributed by atoms with E-state index in [2.05, 4.69) is 5.32 Å². The molecule has 1 N–H and O–H groups in total. The van der Waals surface area contributed by atoms with E-state index in [1.807, 2.05) is 18.2 Å². The van der Waals surface area contributed by atoms with Gasteiger partial charge in [0.15, 0.2) is 0 Å². The summed E-state index contributed by atoms with van der Waals surface area (Å²) in [5, 5.41) is 24.7. The number of carbonyl (C=O) groups is 2. The number of carboxylic acid groups (broad SMARTS) is 1. The summed E-state index contributed by atoms with van der Waals surface area (Å²) in [5.74, 6) is -1.17. The van der Waals surface area contributed by atoms with Gasteiger partial charge >= 0.3 is 0 Å². The molecule has 0 radical (unpaired) electrons. The number of nitrogens with one attached hydrogen (secondary N) is 1. The molecule has 2 aromatic carbocycles. The first-order valence-electron chi connectivity index (χ1n) is 8.24. The normalized spacial score (nSPS) is 11.5. The number of aromatic carboxylic acids is 1. The van der Waals surface area contributed by atoms with Gasteiger partial charge in [-0.15, -0.1) is 0 Å². The van der Waals surface area contributed by atoms with E-state index < -0.39 is 22.8 Å². The maximum Gasteiger partial charge on any atom is 0.237 e. The standard InChI is InChI=1S/C19H20N2O6/c1-12(21(25)26)15-9-7-14(19(23)24)11-16(15)20-18(22)10-8-13-5-3-4-6-17(13)27-2/h3-7,9,11-12H,8,10H2,1-2H3,(H,20,22)(H,23,24)/p-1. The van der Waals surface area contributed by atoms with Crippen LogP contribution in [0.4, 0.5) is 5.69 Å². The Bertz CT molecular complexity index is 865. The molecule has 0 bridgehead atoms. The van der Waals surface area contributed by atoms with Gasteiger partial charge in [-0.25, -0.2) is 0 Å². The van der Waals surface area contributed by atoms with E-state index in [1.165, 1.54) is 32.2 Å². The summed E-state index contributed by atoms with van der Waals surface area (Å²) in [5.41, 5.74) is 0.980. The van der Waals surface area contributed by atoms with Crippen molar-refractivity contribution in [2.24, 2.45) is 0 Å². The first kappa shape index (κ1) is 19.9. The summed E-state index contributed by atoms with van der Waals surface area (Å²) in [6.45, 7) is 1.36. The minimum Gasteiger partial charge on any atom is -0.545 e. The fraction of sp³-hybridized carbons (Fsp3) is 0.263. The number of hydrogen-bond donors (Lipinski definition) is 1. The van der Waals surface area contributed by atoms with Crippen molar-refractivity contribution in [3.63, 3.8) is 0 Å². The van der Waals surface area contributed by atoms with Gasteiger partial charge in [-0.3, -0.25) is 14.9 Å². The van der Waals surface area contributed by atoms with Crippen LogP contribution in [0.3, 0.4) is 0 Å². The van der Waals surface area contributed by atoms with E-state index in [0.29, 0.717) is 12.2 Å². The summed E-state index contributed by atoms with van der Waals surface area (Å²) < 4.78 is 5.24. The van der Waals surface area contributed by atoms with Crippen LogP contribution in [0.5, 0.6) is 5.75 Å². The summed E-state index contributed by atoms with van der Waals surface area (Å²) in [6, 6.07) is 9.87. The molecule has 2 aromatic rings. The van der Waals surface area contributed by atoms with Crippen LogP contribution in [0.2, 0.25) is 0 Å². The number of rotatable bonds is 8. The molecule has 27 heavy (non-hydrogen) atoms. The summed E-state index contributed by atoms with van der Waals surface area (Å²) in [4.78, 5) is 34.0. The van der Waals surface area contributed by atoms with Crippen molar-refractivity contribution in [1.82, 2.24) is 0 Å². The number of para-hydroxylation sites is 1. The van der Waals surface area contributed by atoms with Gasteiger partial charge in [0.25, 0.3) is 0 Å². The van der Waals surface area contributed by atoms with E-state index in [4.69, 9.17) is 4.74 Å². The SMILES string of the molecule is COc1ccccc1CCC(=O)Nc1cc(C(=O)[O-])ccc1C(C)[N+](=O)[O-]. The second-order valence-electron chi connectivity index (χ2n) is 5.91. The highest BCUT2D eigenvalue weighted by Crippen LogP contribution is 2.27. The number of carboxylic acids is 1. The van der Waals surface area contributed by atoms with Gasteiger partial charge in [-0.05, 0) is 35.7 Å². The molecule has 1 unspecified atom stereocenters. The molecule has 0 saturated carbocycles. The molecule has 0 aliphatic carbocycles. The zero-order valence-electron chi connectivity index (χ0n) is 14.9. The number of carbonyl (C=O) groups excluding carboxylic acids is 2. The Kier molecular flexibility index (Phi) is 6.48. The lowest BCUT2D eigenvalue weighted by molar-refractivity contribution is -0.524. The number of hydrogen-bond acceptors (Lipinski definition) is 6. The highest BCUT2D eigenvalue weighted by Gasteiger charge is 2.21. The summed E-state index contributed by atoms with van der Waals surface area (Å²) in [7, 11) is 1.54. The number of benzene rings is 2. The maximum atomic E-state index is 12.3. The Morgan fingerprint density at radius 1 is 1.22 bits per heavy atom. The molecule has 1 amide bonds. The smallest absolute Gasteiger partial charge is 0.237 e. The third kappa shape index (κ3) is 5.04. The second kappa shape index (κ2) is 8.79. The number of aryl methyl sites for hydroxylation is 1. The van der Waals surface area contributed by atoms with E-state index >= 15 is 0 Å². The Morgan fingerprint density at radius 3 is 2.56 bits per heavy atom. The molecule has 142 valence electrons. The Balaban J connectivity index is 2.18. The largest absolute Gasteiger partial charge is 0.545 e. The quantitative estimate of drug-likeness (QED) is 0.559. The number of anilines is 1. The molecular weight excluding hydrogens is 352 g/mol. The number of amides is 1. The molecule has 0 saturated heterocycles. The molecule has 1 atom stereocenters. The molecule has 0 aliphatic rings. The molecule has 0 spiro atoms. The number of nitrogens with zero attached hydrogens (tertiary/aromatic N) is 1. The predicted molar refractivity (Wildman–Crippen MR) is 96.1 cm³/mol. The van der Waals surface area contributed by atoms with Gasteiger partial charge in [0.05, 0.1) is 18.8 Å². The fourth-order valence-corrected chi connectivity index (χ4v) is 2.64. The molecule has 8 heteroatoms. The molecule has 2 rings (SSSR count). The van der Waals surface area contributed by atoms with Crippen molar-refractivity contribution in [3.05, 3.63) is 69.3 Å². The molecule has 0 aromatic heterocycles. The van der Waals surface area contributed by atoms with Crippen LogP contribution in [0, 0.1) is 10.1 Å². The van der Waals surface area contributed by atoms with Crippen molar-refractivity contribution in [3.8, 4) is 5.75 Å². The zero-order chi connectivity index (χ0) is 20.0. The van der Waals surface area contributed by atoms with Crippen LogP contribution in [-0.2, 0) is 11.2 Å². The van der Waals surface area contributed by atoms with E-state index in [9.17, 15) is 24.8 Å². The van der Waals surface area contributed by atoms with Crippen LogP contribution in [0.25, 0.3) is 0 Å². The number of methoxy groups -OCH3 is 1. The van der Waals surface area contributed by atoms with Crippen LogP contribution >= 0.6 is 0 Å². The summed E-state index contributed by atoms with van der Waals surface area (Å²) in [6.07, 6.45) is 0.498. The third-order valence-corrected chi connectivity index (χ3v) is 4.14. The number of nitro groups is 1. The maximum absolute atomic E-state index is 12.3. The molecular formula is C19H19N2O6-. The molecule has 0 heterocycles. The lowest BCUT2D eigenvalue weighted by Gasteiger charge is -2.15. The van der Waals surface area contributed by atoms with E-state index in [0.717, 1.165) is 5.56 Å². The topological polar surface area (TPSA) is 122 Å². The average molecular weight is 371 g/mol. The summed E-state index contributed by atoms with van der Waals surface area (Å²) >= 11 is 0. The first-order valence-corrected chi connectivity index (χ1v) is 8.24. The van der Waals surface area contributed by atoms with E-state index in [1.54, 1.807) is 6.07 Å². The van der Waals surface area contributed by atoms with Gasteiger partial charge in [-0.1, -0.05) is 24.3 Å². The van der Waals surface area contributed by atoms with Crippen LogP contribution in [-0.4, -0.2) is 23.9 Å². The monoisotopic (exact) mass is 371 g/mol. The second-order valence-corrected chi connectivity index (χ2v) is 5.91. The van der Waals surface area contributed by atoms with Crippen molar-refractivity contribution in [2.45, 2.75) is 25.8 Å². The average Bonchev–Trinajstić information content (AvgIpc) is 2.65. The van der Waals surface area contributed by atoms with Crippen LogP contribution < -0.4 is 15.2 Å². The number of ether oxygens (including phenoxy) is 1. The van der Waals surface area contributed by atoms with Gasteiger partial charge < -0.3 is 20.0 Å². The van der Waals surface area contributed by atoms with Gasteiger partial charge in [0.2, 0.25) is 11.9 Å². The van der Waals surface area contributed by atoms with Crippen molar-refractivity contribution < 1.29 is 24.4 Å². The van der Waals surface area contributed by atoms with Crippen molar-refractivity contribution >= 4 is 17.6 Å². The molecule has 0 aliphatic heterocycles. The Morgan fingerprint density at radius 2 is 1.93 bits per heavy atom. The lowest BCUT2D eigenvalue weighted by atomic mass is 10.0. The Labute approximate surface area is 155 Å². The van der Waals surface area contributed by atoms with E-state index in [-0.39, 0.29) is 23.2 Å². The minimum absolute atomic E-state index is 0.0888.